The summed E-state index contributed by atoms with van der Waals surface area (Å²) in [6.07, 6.45) is 0. The summed E-state index contributed by atoms with van der Waals surface area (Å²) in [6, 6.07) is 4.23. The molecule has 0 radical (unpaired) electrons. The lowest BCUT2D eigenvalue weighted by Crippen LogP contribution is -2.25. The molecule has 0 fully saturated rings. The summed E-state index contributed by atoms with van der Waals surface area (Å²) in [5, 5.41) is 34.9. The summed E-state index contributed by atoms with van der Waals surface area (Å²) >= 11 is 0. The molecular weight excluding hydrogens is 464 g/mol. The molecule has 3 N–H and O–H groups in total. The van der Waals surface area contributed by atoms with Crippen molar-refractivity contribution in [2.75, 3.05) is 0 Å². The first-order chi connectivity index (χ1) is 15.5. The number of fused-ring (bicyclic) bond motifs is 1. The second-order valence-electron chi connectivity index (χ2n) is 6.10. The fourth-order valence-electron chi connectivity index (χ4n) is 2.85. The lowest BCUT2D eigenvalue weighted by molar-refractivity contribution is -0.111. The van der Waals surface area contributed by atoms with Crippen molar-refractivity contribution in [3.63, 3.8) is 0 Å². The number of benzene rings is 2. The van der Waals surface area contributed by atoms with E-state index in [-0.39, 0.29) is 0 Å². The zero-order valence-electron chi connectivity index (χ0n) is 15.8. The van der Waals surface area contributed by atoms with E-state index in [9.17, 15) is 33.0 Å². The molecule has 0 atom stereocenters. The average Bonchev–Trinajstić information content (AvgIpc) is 2.76. The molecule has 1 aliphatic carbocycles. The van der Waals surface area contributed by atoms with Gasteiger partial charge >= 0.3 is 16.1 Å². The Hall–Kier alpha value is -5.04. The van der Waals surface area contributed by atoms with Crippen molar-refractivity contribution < 1.29 is 42.3 Å². The van der Waals surface area contributed by atoms with Gasteiger partial charge in [0.15, 0.2) is 11.5 Å². The number of hydrogen-bond acceptors (Lipinski definition) is 10. The highest BCUT2D eigenvalue weighted by molar-refractivity contribution is 7.87. The van der Waals surface area contributed by atoms with Gasteiger partial charge < -0.3 is 19.5 Å². The van der Waals surface area contributed by atoms with E-state index >= 15 is 0 Å². The Morgan fingerprint density at radius 2 is 1.64 bits per heavy atom. The van der Waals surface area contributed by atoms with Gasteiger partial charge in [-0.15, -0.1) is 0 Å². The van der Waals surface area contributed by atoms with Gasteiger partial charge in [-0.2, -0.15) is 8.42 Å². The number of aromatic hydroxyl groups is 2. The van der Waals surface area contributed by atoms with Crippen molar-refractivity contribution >= 4 is 33.4 Å². The summed E-state index contributed by atoms with van der Waals surface area (Å²) in [5.41, 5.74) is 14.0. The number of carboxylic acids is 1. The molecule has 16 heteroatoms. The highest BCUT2D eigenvalue weighted by Crippen LogP contribution is 2.40. The first kappa shape index (κ1) is 22.6. The van der Waals surface area contributed by atoms with Gasteiger partial charge in [-0.05, 0) is 23.2 Å². The number of phenols is 2. The van der Waals surface area contributed by atoms with Crippen molar-refractivity contribution in [3.8, 4) is 17.2 Å². The van der Waals surface area contributed by atoms with Crippen LogP contribution >= 0.6 is 0 Å². The second kappa shape index (κ2) is 8.24. The van der Waals surface area contributed by atoms with Crippen molar-refractivity contribution in [2.45, 2.75) is 4.90 Å². The third kappa shape index (κ3) is 3.86. The summed E-state index contributed by atoms with van der Waals surface area (Å²) < 4.78 is 30.8. The molecule has 0 aliphatic heterocycles. The Labute approximate surface area is 182 Å². The maximum atomic E-state index is 13.0. The monoisotopic (exact) mass is 472 g/mol. The van der Waals surface area contributed by atoms with E-state index in [4.69, 9.17) is 20.4 Å². The van der Waals surface area contributed by atoms with E-state index in [0.717, 1.165) is 18.2 Å². The number of Topliss-reactive ketones (excluding diaryl/α,β-unsaturated/α-hetero) is 2. The molecule has 0 unspecified atom stereocenters. The minimum atomic E-state index is -5.05. The Bertz CT molecular complexity index is 1500. The minimum Gasteiger partial charge on any atom is -0.504 e. The molecule has 0 bridgehead atoms. The van der Waals surface area contributed by atoms with Crippen LogP contribution in [-0.2, 0) is 14.9 Å². The highest BCUT2D eigenvalue weighted by Gasteiger charge is 2.37. The van der Waals surface area contributed by atoms with Crippen molar-refractivity contribution in [2.24, 2.45) is 10.2 Å². The van der Waals surface area contributed by atoms with E-state index < -0.39 is 77.9 Å². The summed E-state index contributed by atoms with van der Waals surface area (Å²) in [6.45, 7) is 0. The molecule has 0 spiro atoms. The molecule has 0 heterocycles. The number of carbonyl (C=O) groups excluding carboxylic acids is 2. The number of allylic oxidation sites excluding steroid dienone is 1. The zero-order chi connectivity index (χ0) is 24.5. The molecule has 33 heavy (non-hydrogen) atoms. The first-order valence-corrected chi connectivity index (χ1v) is 9.75. The number of carboxylic acid groups (broad SMARTS) is 1. The van der Waals surface area contributed by atoms with Gasteiger partial charge in [-0.25, -0.2) is 4.79 Å². The highest BCUT2D eigenvalue weighted by atomic mass is 32.2. The molecule has 1 aliphatic rings. The van der Waals surface area contributed by atoms with Gasteiger partial charge in [-0.3, -0.25) is 9.59 Å². The molecule has 0 amide bonds. The van der Waals surface area contributed by atoms with Crippen molar-refractivity contribution in [1.29, 1.82) is 0 Å². The zero-order valence-corrected chi connectivity index (χ0v) is 16.6. The molecule has 2 aromatic carbocycles. The third-order valence-corrected chi connectivity index (χ3v) is 5.49. The summed E-state index contributed by atoms with van der Waals surface area (Å²) in [7, 11) is -5.05. The van der Waals surface area contributed by atoms with Crippen LogP contribution < -0.4 is 4.18 Å². The molecule has 0 saturated carbocycles. The number of nitrogens with zero attached hydrogens (tertiary/aromatic N) is 6. The standard InChI is InChI=1S/C17H8N6O9S/c18-22-20-12-11-7(14(25)16(27)13(12)21-23-19)2-1-3-10(11)33(30,31)32-9-5-6(17(28)29)4-8(24)15(9)26/h1-5,24,26H,(H,28,29). The first-order valence-electron chi connectivity index (χ1n) is 8.34. The van der Waals surface area contributed by atoms with Crippen LogP contribution in [0.15, 0.2) is 51.2 Å². The predicted octanol–water partition coefficient (Wildman–Crippen LogP) is 2.62. The van der Waals surface area contributed by atoms with Crippen LogP contribution in [0.2, 0.25) is 0 Å². The van der Waals surface area contributed by atoms with E-state index in [0.29, 0.717) is 12.1 Å². The lowest BCUT2D eigenvalue weighted by atomic mass is 9.91. The number of ketones is 2. The van der Waals surface area contributed by atoms with Crippen LogP contribution in [0.4, 0.5) is 0 Å². The Morgan fingerprint density at radius 1 is 1.00 bits per heavy atom. The number of azide groups is 2. The SMILES string of the molecule is [N-]=[N+]=NC1=C(N=[N+]=[N-])c2c(cccc2S(=O)(=O)Oc2cc(C(=O)O)cc(O)c2O)C(=O)C1=O. The molecule has 2 aromatic rings. The van der Waals surface area contributed by atoms with Gasteiger partial charge in [-0.1, -0.05) is 22.4 Å². The molecule has 3 rings (SSSR count). The normalized spacial score (nSPS) is 13.0. The number of aromatic carboxylic acids is 1. The Morgan fingerprint density at radius 3 is 2.24 bits per heavy atom. The molecule has 15 nitrogen and oxygen atoms in total. The fraction of sp³-hybridized carbons (Fsp3) is 0. The summed E-state index contributed by atoms with van der Waals surface area (Å²) in [5.74, 6) is -7.30. The minimum absolute atomic E-state index is 0.518. The van der Waals surface area contributed by atoms with E-state index in [1.807, 2.05) is 0 Å². The van der Waals surface area contributed by atoms with Gasteiger partial charge in [0.2, 0.25) is 17.3 Å². The van der Waals surface area contributed by atoms with E-state index in [1.54, 1.807) is 0 Å². The Balaban J connectivity index is 2.31. The maximum Gasteiger partial charge on any atom is 0.339 e. The van der Waals surface area contributed by atoms with Crippen LogP contribution in [0, 0.1) is 0 Å². The van der Waals surface area contributed by atoms with Crippen LogP contribution in [0.25, 0.3) is 26.6 Å². The van der Waals surface area contributed by atoms with Crippen LogP contribution in [0.1, 0.15) is 26.3 Å². The maximum absolute atomic E-state index is 13.0. The lowest BCUT2D eigenvalue weighted by Gasteiger charge is -2.20. The average molecular weight is 472 g/mol. The summed E-state index contributed by atoms with van der Waals surface area (Å²) in [4.78, 5) is 39.8. The van der Waals surface area contributed by atoms with Crippen molar-refractivity contribution in [1.82, 2.24) is 0 Å². The predicted molar refractivity (Wildman–Crippen MR) is 106 cm³/mol. The number of hydrogen-bond donors (Lipinski definition) is 3. The largest absolute Gasteiger partial charge is 0.504 e. The van der Waals surface area contributed by atoms with Gasteiger partial charge in [0.05, 0.1) is 17.0 Å². The molecular formula is C17H8N6O9S. The van der Waals surface area contributed by atoms with E-state index in [2.05, 4.69) is 20.1 Å². The topological polar surface area (TPSA) is 253 Å². The fourth-order valence-corrected chi connectivity index (χ4v) is 4.01. The van der Waals surface area contributed by atoms with Crippen LogP contribution in [0.3, 0.4) is 0 Å². The molecule has 166 valence electrons. The van der Waals surface area contributed by atoms with Crippen molar-refractivity contribution in [3.05, 3.63) is 73.6 Å². The Kier molecular flexibility index (Phi) is 5.65. The number of phenolic OH excluding ortho intramolecular Hbond substituents is 2. The quantitative estimate of drug-likeness (QED) is 0.139. The molecule has 0 aromatic heterocycles. The molecule has 0 saturated heterocycles. The van der Waals surface area contributed by atoms with E-state index in [1.165, 1.54) is 0 Å². The van der Waals surface area contributed by atoms with Gasteiger partial charge in [0, 0.05) is 27.0 Å². The van der Waals surface area contributed by atoms with Gasteiger partial charge in [0.25, 0.3) is 0 Å². The number of carbonyl (C=O) groups is 3. The number of rotatable bonds is 6. The third-order valence-electron chi connectivity index (χ3n) is 4.21. The second-order valence-corrected chi connectivity index (χ2v) is 7.61. The van der Waals surface area contributed by atoms with Crippen LogP contribution in [-0.4, -0.2) is 41.3 Å². The van der Waals surface area contributed by atoms with Crippen LogP contribution in [0.5, 0.6) is 17.2 Å². The smallest absolute Gasteiger partial charge is 0.339 e. The van der Waals surface area contributed by atoms with Gasteiger partial charge in [0.1, 0.15) is 4.90 Å².